The third-order valence-corrected chi connectivity index (χ3v) is 4.45. The lowest BCUT2D eigenvalue weighted by Crippen LogP contribution is -2.22. The summed E-state index contributed by atoms with van der Waals surface area (Å²) in [6.45, 7) is 0.668. The van der Waals surface area contributed by atoms with Gasteiger partial charge in [0.1, 0.15) is 10.8 Å². The Balaban J connectivity index is 2.31. The molecule has 1 aromatic heterocycles. The molecule has 0 amide bonds. The summed E-state index contributed by atoms with van der Waals surface area (Å²) in [5.41, 5.74) is 7.76. The van der Waals surface area contributed by atoms with Crippen LogP contribution in [0, 0.1) is 5.82 Å². The van der Waals surface area contributed by atoms with E-state index in [9.17, 15) is 4.39 Å². The predicted molar refractivity (Wildman–Crippen MR) is 86.4 cm³/mol. The third-order valence-electron chi connectivity index (χ3n) is 2.69. The van der Waals surface area contributed by atoms with Gasteiger partial charge < -0.3 is 10.6 Å². The lowest BCUT2D eigenvalue weighted by molar-refractivity contribution is 0.624. The number of hydrogen-bond donors (Lipinski definition) is 1. The number of hydrogen-bond acceptors (Lipinski definition) is 3. The topological polar surface area (TPSA) is 29.3 Å². The number of thiocarbonyl (C=S) groups is 1. The van der Waals surface area contributed by atoms with Gasteiger partial charge in [-0.3, -0.25) is 0 Å². The molecular weight excluding hydrogens is 347 g/mol. The first kappa shape index (κ1) is 14.4. The van der Waals surface area contributed by atoms with Gasteiger partial charge in [-0.2, -0.15) is 0 Å². The minimum Gasteiger partial charge on any atom is -0.389 e. The zero-order valence-corrected chi connectivity index (χ0v) is 13.4. The first-order valence-corrected chi connectivity index (χ1v) is 7.59. The van der Waals surface area contributed by atoms with Crippen molar-refractivity contribution in [3.05, 3.63) is 50.4 Å². The molecule has 2 aromatic rings. The van der Waals surface area contributed by atoms with Crippen molar-refractivity contribution in [3.63, 3.8) is 0 Å². The van der Waals surface area contributed by atoms with E-state index in [0.717, 1.165) is 9.35 Å². The summed E-state index contributed by atoms with van der Waals surface area (Å²) in [6, 6.07) is 6.89. The minimum atomic E-state index is -0.386. The van der Waals surface area contributed by atoms with Crippen LogP contribution in [0.3, 0.4) is 0 Å². The number of rotatable bonds is 4. The van der Waals surface area contributed by atoms with E-state index in [4.69, 9.17) is 18.0 Å². The van der Waals surface area contributed by atoms with Crippen molar-refractivity contribution < 1.29 is 4.39 Å². The van der Waals surface area contributed by atoms with Crippen molar-refractivity contribution in [2.24, 2.45) is 5.73 Å². The lowest BCUT2D eigenvalue weighted by Gasteiger charge is -2.22. The van der Waals surface area contributed by atoms with Crippen molar-refractivity contribution in [2.45, 2.75) is 6.54 Å². The number of halogens is 2. The van der Waals surface area contributed by atoms with Crippen LogP contribution in [-0.4, -0.2) is 12.0 Å². The number of nitrogens with zero attached hydrogens (tertiary/aromatic N) is 1. The molecular formula is C13H12BrFN2S2. The van der Waals surface area contributed by atoms with E-state index in [0.29, 0.717) is 17.8 Å². The smallest absolute Gasteiger partial charge is 0.135 e. The summed E-state index contributed by atoms with van der Waals surface area (Å²) < 4.78 is 14.9. The van der Waals surface area contributed by atoms with E-state index >= 15 is 0 Å². The highest BCUT2D eigenvalue weighted by Crippen LogP contribution is 2.26. The first-order valence-electron chi connectivity index (χ1n) is 5.51. The monoisotopic (exact) mass is 358 g/mol. The number of nitrogens with two attached hydrogens (primary N) is 1. The van der Waals surface area contributed by atoms with Gasteiger partial charge >= 0.3 is 0 Å². The molecule has 0 radical (unpaired) electrons. The molecule has 0 fully saturated rings. The summed E-state index contributed by atoms with van der Waals surface area (Å²) in [5.74, 6) is -0.386. The highest BCUT2D eigenvalue weighted by Gasteiger charge is 2.14. The van der Waals surface area contributed by atoms with Gasteiger partial charge in [-0.1, -0.05) is 18.3 Å². The molecule has 0 atom stereocenters. The van der Waals surface area contributed by atoms with Crippen molar-refractivity contribution >= 4 is 50.2 Å². The fraction of sp³-hybridized carbons (Fsp3) is 0.154. The number of benzene rings is 1. The van der Waals surface area contributed by atoms with E-state index in [1.807, 2.05) is 24.1 Å². The Hall–Kier alpha value is -0.980. The van der Waals surface area contributed by atoms with Gasteiger partial charge in [0.25, 0.3) is 0 Å². The predicted octanol–water partition coefficient (Wildman–Crippen LogP) is 3.92. The first-order chi connectivity index (χ1) is 8.99. The van der Waals surface area contributed by atoms with E-state index in [1.54, 1.807) is 17.4 Å². The SMILES string of the molecule is CN(Cc1csc(Br)c1)c1cccc(F)c1C(N)=S. The Morgan fingerprint density at radius 3 is 2.84 bits per heavy atom. The van der Waals surface area contributed by atoms with Crippen LogP contribution < -0.4 is 10.6 Å². The lowest BCUT2D eigenvalue weighted by atomic mass is 10.1. The second-order valence-corrected chi connectivity index (χ2v) is 6.84. The number of anilines is 1. The quantitative estimate of drug-likeness (QED) is 0.839. The van der Waals surface area contributed by atoms with Crippen molar-refractivity contribution in [3.8, 4) is 0 Å². The fourth-order valence-corrected chi connectivity index (χ4v) is 3.26. The van der Waals surface area contributed by atoms with Gasteiger partial charge in [0.2, 0.25) is 0 Å². The van der Waals surface area contributed by atoms with E-state index in [-0.39, 0.29) is 10.8 Å². The number of thiophene rings is 1. The van der Waals surface area contributed by atoms with Crippen LogP contribution >= 0.6 is 39.5 Å². The average molecular weight is 359 g/mol. The summed E-state index contributed by atoms with van der Waals surface area (Å²) in [6.07, 6.45) is 0. The van der Waals surface area contributed by atoms with Crippen LogP contribution in [0.15, 0.2) is 33.4 Å². The fourth-order valence-electron chi connectivity index (χ4n) is 1.86. The second-order valence-electron chi connectivity index (χ2n) is 4.11. The highest BCUT2D eigenvalue weighted by molar-refractivity contribution is 9.11. The summed E-state index contributed by atoms with van der Waals surface area (Å²) in [7, 11) is 1.89. The maximum absolute atomic E-state index is 13.8. The molecule has 0 aliphatic heterocycles. The Bertz CT molecular complexity index is 612. The molecule has 0 unspecified atom stereocenters. The largest absolute Gasteiger partial charge is 0.389 e. The molecule has 2 N–H and O–H groups in total. The van der Waals surface area contributed by atoms with Crippen molar-refractivity contribution in [1.29, 1.82) is 0 Å². The third kappa shape index (κ3) is 3.32. The second kappa shape index (κ2) is 5.98. The molecule has 1 heterocycles. The van der Waals surface area contributed by atoms with Crippen LogP contribution in [0.1, 0.15) is 11.1 Å². The molecule has 19 heavy (non-hydrogen) atoms. The molecule has 0 saturated carbocycles. The maximum atomic E-state index is 13.8. The van der Waals surface area contributed by atoms with Gasteiger partial charge in [-0.15, -0.1) is 11.3 Å². The van der Waals surface area contributed by atoms with E-state index < -0.39 is 0 Å². The zero-order chi connectivity index (χ0) is 14.0. The van der Waals surface area contributed by atoms with Crippen LogP contribution in [0.4, 0.5) is 10.1 Å². The Morgan fingerprint density at radius 1 is 1.53 bits per heavy atom. The Labute approximate surface area is 129 Å². The van der Waals surface area contributed by atoms with Crippen molar-refractivity contribution in [2.75, 3.05) is 11.9 Å². The molecule has 0 aliphatic rings. The van der Waals surface area contributed by atoms with Gasteiger partial charge in [-0.05, 0) is 45.1 Å². The average Bonchev–Trinajstić information content (AvgIpc) is 2.73. The van der Waals surface area contributed by atoms with Gasteiger partial charge in [-0.25, -0.2) is 4.39 Å². The normalized spacial score (nSPS) is 10.5. The van der Waals surface area contributed by atoms with E-state index in [1.165, 1.54) is 6.07 Å². The van der Waals surface area contributed by atoms with Crippen LogP contribution in [-0.2, 0) is 6.54 Å². The Morgan fingerprint density at radius 2 is 2.26 bits per heavy atom. The van der Waals surface area contributed by atoms with Crippen LogP contribution in [0.5, 0.6) is 0 Å². The summed E-state index contributed by atoms with van der Waals surface area (Å²) in [5, 5.41) is 2.06. The molecule has 0 saturated heterocycles. The van der Waals surface area contributed by atoms with E-state index in [2.05, 4.69) is 21.3 Å². The molecule has 0 spiro atoms. The zero-order valence-electron chi connectivity index (χ0n) is 10.2. The summed E-state index contributed by atoms with van der Waals surface area (Å²) >= 11 is 9.98. The van der Waals surface area contributed by atoms with Crippen LogP contribution in [0.2, 0.25) is 0 Å². The minimum absolute atomic E-state index is 0.0754. The van der Waals surface area contributed by atoms with Crippen LogP contribution in [0.25, 0.3) is 0 Å². The molecule has 0 aliphatic carbocycles. The molecule has 2 rings (SSSR count). The summed E-state index contributed by atoms with van der Waals surface area (Å²) in [4.78, 5) is 2.01. The highest BCUT2D eigenvalue weighted by atomic mass is 79.9. The van der Waals surface area contributed by atoms with Gasteiger partial charge in [0.15, 0.2) is 0 Å². The van der Waals surface area contributed by atoms with Crippen molar-refractivity contribution in [1.82, 2.24) is 0 Å². The van der Waals surface area contributed by atoms with Gasteiger partial charge in [0.05, 0.1) is 9.35 Å². The molecule has 6 heteroatoms. The molecule has 2 nitrogen and oxygen atoms in total. The molecule has 100 valence electrons. The maximum Gasteiger partial charge on any atom is 0.135 e. The molecule has 0 bridgehead atoms. The Kier molecular flexibility index (Phi) is 4.54. The standard InChI is InChI=1S/C13H12BrFN2S2/c1-17(6-8-5-11(14)19-7-8)10-4-2-3-9(15)12(10)13(16)18/h2-5,7H,6H2,1H3,(H2,16,18). The van der Waals surface area contributed by atoms with Gasteiger partial charge in [0, 0.05) is 19.3 Å². The molecule has 1 aromatic carbocycles.